The maximum absolute atomic E-state index is 12.9. The number of carbonyl (C=O) groups excluding carboxylic acids is 1. The van der Waals surface area contributed by atoms with Gasteiger partial charge >= 0.3 is 5.69 Å². The van der Waals surface area contributed by atoms with Crippen LogP contribution in [0.15, 0.2) is 29.1 Å². The van der Waals surface area contributed by atoms with Crippen LogP contribution in [0.4, 0.5) is 0 Å². The minimum Gasteiger partial charge on any atom is -0.342 e. The van der Waals surface area contributed by atoms with Crippen LogP contribution in [0.5, 0.6) is 0 Å². The Labute approximate surface area is 148 Å². The Kier molecular flexibility index (Phi) is 4.40. The lowest BCUT2D eigenvalue weighted by molar-refractivity contribution is -0.138. The highest BCUT2D eigenvalue weighted by Crippen LogP contribution is 2.36. The molecule has 1 aliphatic carbocycles. The highest BCUT2D eigenvalue weighted by molar-refractivity contribution is 5.79. The van der Waals surface area contributed by atoms with Crippen LogP contribution in [0, 0.1) is 11.8 Å². The van der Waals surface area contributed by atoms with E-state index < -0.39 is 0 Å². The van der Waals surface area contributed by atoms with E-state index in [0.717, 1.165) is 49.8 Å². The van der Waals surface area contributed by atoms with Crippen molar-refractivity contribution < 1.29 is 4.79 Å². The average Bonchev–Trinajstić information content (AvgIpc) is 3.24. The Morgan fingerprint density at radius 2 is 1.92 bits per heavy atom. The third kappa shape index (κ3) is 2.90. The van der Waals surface area contributed by atoms with Crippen molar-refractivity contribution in [3.8, 4) is 0 Å². The topological polar surface area (TPSA) is 58.1 Å². The zero-order valence-corrected chi connectivity index (χ0v) is 14.9. The summed E-state index contributed by atoms with van der Waals surface area (Å²) in [6.07, 6.45) is 6.27. The van der Waals surface area contributed by atoms with E-state index in [1.165, 1.54) is 12.8 Å². The molecular formula is C20H27N3O2. The number of rotatable bonds is 3. The first-order valence-corrected chi connectivity index (χ1v) is 9.67. The molecule has 0 spiro atoms. The predicted octanol–water partition coefficient (Wildman–Crippen LogP) is 3.32. The van der Waals surface area contributed by atoms with Crippen molar-refractivity contribution >= 4 is 16.9 Å². The number of likely N-dealkylation sites (tertiary alicyclic amines) is 1. The largest absolute Gasteiger partial charge is 0.342 e. The molecule has 1 saturated heterocycles. The molecule has 1 aliphatic heterocycles. The fourth-order valence-corrected chi connectivity index (χ4v) is 4.87. The van der Waals surface area contributed by atoms with Crippen molar-refractivity contribution in [1.82, 2.24) is 14.5 Å². The van der Waals surface area contributed by atoms with Crippen LogP contribution in [-0.2, 0) is 4.79 Å². The Morgan fingerprint density at radius 3 is 2.68 bits per heavy atom. The van der Waals surface area contributed by atoms with Crippen LogP contribution >= 0.6 is 0 Å². The molecule has 2 aromatic rings. The van der Waals surface area contributed by atoms with E-state index in [2.05, 4.69) is 16.8 Å². The van der Waals surface area contributed by atoms with Crippen molar-refractivity contribution in [2.75, 3.05) is 13.1 Å². The second-order valence-corrected chi connectivity index (χ2v) is 7.58. The van der Waals surface area contributed by atoms with Gasteiger partial charge in [0.2, 0.25) is 5.91 Å². The fourth-order valence-electron chi connectivity index (χ4n) is 4.87. The summed E-state index contributed by atoms with van der Waals surface area (Å²) in [7, 11) is 0. The van der Waals surface area contributed by atoms with Crippen LogP contribution in [0.3, 0.4) is 0 Å². The summed E-state index contributed by atoms with van der Waals surface area (Å²) < 4.78 is 1.89. The molecule has 1 N–H and O–H groups in total. The zero-order valence-electron chi connectivity index (χ0n) is 14.9. The molecule has 1 aromatic carbocycles. The summed E-state index contributed by atoms with van der Waals surface area (Å²) in [5, 5.41) is 0. The number of para-hydroxylation sites is 2. The van der Waals surface area contributed by atoms with Gasteiger partial charge in [0.05, 0.1) is 11.0 Å². The number of fused-ring (bicyclic) bond motifs is 1. The molecule has 0 bridgehead atoms. The van der Waals surface area contributed by atoms with Gasteiger partial charge in [-0.1, -0.05) is 31.9 Å². The summed E-state index contributed by atoms with van der Waals surface area (Å²) in [6, 6.07) is 8.02. The normalized spacial score (nSPS) is 24.9. The van der Waals surface area contributed by atoms with E-state index in [-0.39, 0.29) is 17.6 Å². The molecule has 2 heterocycles. The zero-order chi connectivity index (χ0) is 17.4. The number of hydrogen-bond acceptors (Lipinski definition) is 2. The molecule has 2 aliphatic rings. The maximum Gasteiger partial charge on any atom is 0.326 e. The van der Waals surface area contributed by atoms with Gasteiger partial charge in [-0.05, 0) is 43.7 Å². The lowest BCUT2D eigenvalue weighted by Gasteiger charge is -2.35. The fraction of sp³-hybridized carbons (Fsp3) is 0.600. The molecule has 1 amide bonds. The van der Waals surface area contributed by atoms with Crippen molar-refractivity contribution in [3.63, 3.8) is 0 Å². The molecule has 2 unspecified atom stereocenters. The van der Waals surface area contributed by atoms with Gasteiger partial charge in [0.15, 0.2) is 0 Å². The van der Waals surface area contributed by atoms with Crippen LogP contribution in [0.25, 0.3) is 11.0 Å². The molecule has 2 fully saturated rings. The Morgan fingerprint density at radius 1 is 1.16 bits per heavy atom. The smallest absolute Gasteiger partial charge is 0.326 e. The minimum absolute atomic E-state index is 0.0344. The highest BCUT2D eigenvalue weighted by Gasteiger charge is 2.36. The molecule has 0 radical (unpaired) electrons. The summed E-state index contributed by atoms with van der Waals surface area (Å²) in [5.74, 6) is 1.16. The quantitative estimate of drug-likeness (QED) is 0.931. The molecule has 1 aromatic heterocycles. The lowest BCUT2D eigenvalue weighted by atomic mass is 9.91. The number of H-pyrrole nitrogens is 1. The van der Waals surface area contributed by atoms with Gasteiger partial charge in [-0.2, -0.15) is 0 Å². The summed E-state index contributed by atoms with van der Waals surface area (Å²) in [6.45, 7) is 3.73. The van der Waals surface area contributed by atoms with Crippen molar-refractivity contribution in [2.45, 2.75) is 51.5 Å². The minimum atomic E-state index is -0.0344. The van der Waals surface area contributed by atoms with Crippen LogP contribution in [0.1, 0.15) is 51.5 Å². The Hall–Kier alpha value is -2.04. The summed E-state index contributed by atoms with van der Waals surface area (Å²) in [4.78, 5) is 30.3. The van der Waals surface area contributed by atoms with Gasteiger partial charge in [0, 0.05) is 25.0 Å². The monoisotopic (exact) mass is 341 g/mol. The number of nitrogens with zero attached hydrogens (tertiary/aromatic N) is 2. The molecule has 4 rings (SSSR count). The number of imidazole rings is 1. The first-order chi connectivity index (χ1) is 12.2. The summed E-state index contributed by atoms with van der Waals surface area (Å²) in [5.41, 5.74) is 1.83. The average molecular weight is 341 g/mol. The van der Waals surface area contributed by atoms with E-state index in [1.54, 1.807) is 0 Å². The van der Waals surface area contributed by atoms with Crippen LogP contribution < -0.4 is 5.69 Å². The predicted molar refractivity (Wildman–Crippen MR) is 98.5 cm³/mol. The SMILES string of the molecule is CCC1CCCC1C(=O)N1CCC(n2c(=O)[nH]c3ccccc32)CC1. The Bertz CT molecular complexity index is 814. The van der Waals surface area contributed by atoms with E-state index in [9.17, 15) is 9.59 Å². The van der Waals surface area contributed by atoms with E-state index in [4.69, 9.17) is 0 Å². The van der Waals surface area contributed by atoms with Gasteiger partial charge in [-0.15, -0.1) is 0 Å². The van der Waals surface area contributed by atoms with Gasteiger partial charge in [0.1, 0.15) is 0 Å². The Balaban J connectivity index is 1.47. The number of aromatic nitrogens is 2. The number of hydrogen-bond donors (Lipinski definition) is 1. The highest BCUT2D eigenvalue weighted by atomic mass is 16.2. The molecule has 134 valence electrons. The number of carbonyl (C=O) groups is 1. The van der Waals surface area contributed by atoms with E-state index in [1.807, 2.05) is 28.8 Å². The van der Waals surface area contributed by atoms with Crippen molar-refractivity contribution in [1.29, 1.82) is 0 Å². The number of aromatic amines is 1. The third-order valence-corrected chi connectivity index (χ3v) is 6.27. The number of benzene rings is 1. The first-order valence-electron chi connectivity index (χ1n) is 9.67. The van der Waals surface area contributed by atoms with Gasteiger partial charge in [0.25, 0.3) is 0 Å². The van der Waals surface area contributed by atoms with E-state index in [0.29, 0.717) is 11.8 Å². The van der Waals surface area contributed by atoms with Gasteiger partial charge in [-0.3, -0.25) is 9.36 Å². The molecule has 1 saturated carbocycles. The first kappa shape index (κ1) is 16.4. The van der Waals surface area contributed by atoms with Crippen LogP contribution in [0.2, 0.25) is 0 Å². The van der Waals surface area contributed by atoms with Gasteiger partial charge < -0.3 is 9.88 Å². The standard InChI is InChI=1S/C20H27N3O2/c1-2-14-6-5-7-16(14)19(24)22-12-10-15(11-13-22)23-18-9-4-3-8-17(18)21-20(23)25/h3-4,8-9,14-16H,2,5-7,10-13H2,1H3,(H,21,25). The second kappa shape index (κ2) is 6.70. The maximum atomic E-state index is 12.9. The van der Waals surface area contributed by atoms with Crippen molar-refractivity contribution in [3.05, 3.63) is 34.7 Å². The number of amides is 1. The molecule has 5 nitrogen and oxygen atoms in total. The van der Waals surface area contributed by atoms with Gasteiger partial charge in [-0.25, -0.2) is 4.79 Å². The molecular weight excluding hydrogens is 314 g/mol. The van der Waals surface area contributed by atoms with Crippen molar-refractivity contribution in [2.24, 2.45) is 11.8 Å². The molecule has 5 heteroatoms. The van der Waals surface area contributed by atoms with E-state index >= 15 is 0 Å². The third-order valence-electron chi connectivity index (χ3n) is 6.27. The second-order valence-electron chi connectivity index (χ2n) is 7.58. The number of nitrogens with one attached hydrogen (secondary N) is 1. The lowest BCUT2D eigenvalue weighted by Crippen LogP contribution is -2.43. The number of piperidine rings is 1. The van der Waals surface area contributed by atoms with Crippen LogP contribution in [-0.4, -0.2) is 33.4 Å². The molecule has 25 heavy (non-hydrogen) atoms. The summed E-state index contributed by atoms with van der Waals surface area (Å²) >= 11 is 0. The molecule has 2 atom stereocenters.